The Labute approximate surface area is 361 Å². The summed E-state index contributed by atoms with van der Waals surface area (Å²) < 4.78 is 4.87. The Balaban J connectivity index is 0.000000177. The number of benzene rings is 6. The molecular weight excluding hydrogens is 777 g/mol. The van der Waals surface area contributed by atoms with Crippen LogP contribution in [0.2, 0.25) is 0 Å². The first-order valence-corrected chi connectivity index (χ1v) is 20.1. The van der Waals surface area contributed by atoms with Gasteiger partial charge in [0.25, 0.3) is 0 Å². The number of aromatic nitrogens is 4. The molecule has 0 aliphatic carbocycles. The predicted molar refractivity (Wildman–Crippen MR) is 246 cm³/mol. The van der Waals surface area contributed by atoms with Crippen molar-refractivity contribution in [2.75, 3.05) is 37.1 Å². The zero-order chi connectivity index (χ0) is 42.3. The highest BCUT2D eigenvalue weighted by molar-refractivity contribution is 5.95. The topological polar surface area (TPSA) is 142 Å². The molecule has 0 unspecified atom stereocenters. The molecule has 0 fully saturated rings. The minimum atomic E-state index is -0.964. The molecule has 8 aromatic rings. The number of nitrogens with zero attached hydrogens (tertiary/aromatic N) is 6. The molecule has 0 spiro atoms. The van der Waals surface area contributed by atoms with E-state index in [1.54, 1.807) is 30.3 Å². The van der Waals surface area contributed by atoms with E-state index in [4.69, 9.17) is 29.8 Å². The summed E-state index contributed by atoms with van der Waals surface area (Å²) in [7, 11) is 2.38. The minimum absolute atomic E-state index is 0. The van der Waals surface area contributed by atoms with Gasteiger partial charge < -0.3 is 24.7 Å². The second-order valence-corrected chi connectivity index (χ2v) is 14.6. The van der Waals surface area contributed by atoms with Crippen LogP contribution in [0.25, 0.3) is 44.6 Å². The molecule has 0 bridgehead atoms. The summed E-state index contributed by atoms with van der Waals surface area (Å²) >= 11 is 0. The monoisotopic (exact) mass is 824 g/mol. The third-order valence-corrected chi connectivity index (χ3v) is 10.9. The number of methoxy groups -OCH3 is 1. The first kappa shape index (κ1) is 42.6. The van der Waals surface area contributed by atoms with Crippen molar-refractivity contribution in [2.45, 2.75) is 33.4 Å². The maximum Gasteiger partial charge on any atom is 0.337 e. The van der Waals surface area contributed by atoms with E-state index >= 15 is 0 Å². The molecule has 2 aliphatic rings. The summed E-state index contributed by atoms with van der Waals surface area (Å²) in [5, 5.41) is 16.3. The Hall–Kier alpha value is -7.50. The van der Waals surface area contributed by atoms with E-state index in [9.17, 15) is 14.7 Å². The number of ether oxygens (including phenoxy) is 1. The van der Waals surface area contributed by atoms with Crippen molar-refractivity contribution >= 4 is 45.6 Å². The number of hydrogen-bond donors (Lipinski definition) is 2. The van der Waals surface area contributed by atoms with E-state index < -0.39 is 5.97 Å². The van der Waals surface area contributed by atoms with Gasteiger partial charge in [0.2, 0.25) is 0 Å². The second-order valence-electron chi connectivity index (χ2n) is 14.6. The number of carboxylic acid groups (broad SMARTS) is 1. The molecule has 6 aromatic carbocycles. The maximum absolute atomic E-state index is 12.0. The zero-order valence-electron chi connectivity index (χ0n) is 33.9. The van der Waals surface area contributed by atoms with Crippen molar-refractivity contribution in [2.24, 2.45) is 0 Å². The van der Waals surface area contributed by atoms with E-state index in [2.05, 4.69) is 70.5 Å². The Morgan fingerprint density at radius 3 is 1.35 bits per heavy atom. The number of fused-ring (bicyclic) bond motifs is 4. The summed E-state index contributed by atoms with van der Waals surface area (Å²) in [4.78, 5) is 47.6. The van der Waals surface area contributed by atoms with E-state index in [1.165, 1.54) is 29.4 Å². The number of carbonyl (C=O) groups is 2. The molecule has 2 aliphatic heterocycles. The normalized spacial score (nSPS) is 12.7. The van der Waals surface area contributed by atoms with Gasteiger partial charge in [0.05, 0.1) is 40.3 Å². The van der Waals surface area contributed by atoms with Crippen LogP contribution in [-0.4, -0.2) is 69.4 Å². The van der Waals surface area contributed by atoms with Crippen molar-refractivity contribution in [3.8, 4) is 22.5 Å². The maximum atomic E-state index is 12.0. The molecule has 62 heavy (non-hydrogen) atoms. The number of esters is 1. The average molecular weight is 825 g/mol. The van der Waals surface area contributed by atoms with Gasteiger partial charge >= 0.3 is 11.9 Å². The molecular formula is C51H48N6O5. The second kappa shape index (κ2) is 19.3. The SMILES string of the molecule is C.CO.COC(=O)c1ccc2nc(-c3ccccc3)c(N3CCc4ccccc4C3)nc2c1.O=C(O)c1ccc2nc(-c3ccccc3)c(N3CCc4ccccc4C3)nc2c1. The lowest BCUT2D eigenvalue weighted by atomic mass is 9.99. The Morgan fingerprint density at radius 2 is 0.919 bits per heavy atom. The van der Waals surface area contributed by atoms with Crippen LogP contribution in [0.4, 0.5) is 11.6 Å². The van der Waals surface area contributed by atoms with Gasteiger partial charge in [-0.15, -0.1) is 0 Å². The number of aliphatic hydroxyl groups is 1. The third kappa shape index (κ3) is 8.98. The zero-order valence-corrected chi connectivity index (χ0v) is 33.9. The number of carbonyl (C=O) groups excluding carboxylic acids is 1. The summed E-state index contributed by atoms with van der Waals surface area (Å²) in [6.45, 7) is 3.26. The first-order valence-electron chi connectivity index (χ1n) is 20.1. The summed E-state index contributed by atoms with van der Waals surface area (Å²) in [6.07, 6.45) is 1.91. The molecule has 0 radical (unpaired) electrons. The molecule has 10 rings (SSSR count). The molecule has 0 saturated carbocycles. The van der Waals surface area contributed by atoms with Crippen LogP contribution >= 0.6 is 0 Å². The smallest absolute Gasteiger partial charge is 0.337 e. The Bertz CT molecular complexity index is 2850. The average Bonchev–Trinajstić information content (AvgIpc) is 3.33. The van der Waals surface area contributed by atoms with E-state index in [-0.39, 0.29) is 19.0 Å². The number of hydrogen-bond acceptors (Lipinski definition) is 10. The van der Waals surface area contributed by atoms with E-state index in [0.29, 0.717) is 22.1 Å². The Morgan fingerprint density at radius 1 is 0.516 bits per heavy atom. The van der Waals surface area contributed by atoms with Crippen LogP contribution < -0.4 is 9.80 Å². The van der Waals surface area contributed by atoms with Crippen molar-refractivity contribution in [3.05, 3.63) is 179 Å². The lowest BCUT2D eigenvalue weighted by Crippen LogP contribution is -2.31. The van der Waals surface area contributed by atoms with Crippen LogP contribution in [0.1, 0.15) is 50.4 Å². The van der Waals surface area contributed by atoms with E-state index in [1.807, 2.05) is 54.6 Å². The molecule has 11 nitrogen and oxygen atoms in total. The van der Waals surface area contributed by atoms with Gasteiger partial charge in [0.15, 0.2) is 11.6 Å². The fraction of sp³-hybridized carbons (Fsp3) is 0.176. The van der Waals surface area contributed by atoms with Gasteiger partial charge in [-0.2, -0.15) is 0 Å². The van der Waals surface area contributed by atoms with Crippen LogP contribution in [0, 0.1) is 0 Å². The van der Waals surface area contributed by atoms with E-state index in [0.717, 1.165) is 85.8 Å². The fourth-order valence-electron chi connectivity index (χ4n) is 7.84. The van der Waals surface area contributed by atoms with Gasteiger partial charge in [-0.25, -0.2) is 29.5 Å². The predicted octanol–water partition coefficient (Wildman–Crippen LogP) is 9.45. The summed E-state index contributed by atoms with van der Waals surface area (Å²) in [5.74, 6) is 0.291. The molecule has 0 amide bonds. The lowest BCUT2D eigenvalue weighted by Gasteiger charge is -2.31. The highest BCUT2D eigenvalue weighted by Crippen LogP contribution is 2.35. The molecule has 11 heteroatoms. The number of carboxylic acids is 1. The van der Waals surface area contributed by atoms with Gasteiger partial charge in [-0.1, -0.05) is 117 Å². The van der Waals surface area contributed by atoms with Crippen molar-refractivity contribution in [1.82, 2.24) is 19.9 Å². The quantitative estimate of drug-likeness (QED) is 0.155. The molecule has 0 saturated heterocycles. The lowest BCUT2D eigenvalue weighted by molar-refractivity contribution is 0.0600. The number of aliphatic hydroxyl groups excluding tert-OH is 1. The third-order valence-electron chi connectivity index (χ3n) is 10.9. The standard InChI is InChI=1S/C25H21N3O2.C24H19N3O2.CH4O.CH4/c1-30-25(29)19-11-12-21-22(15-19)27-24(23(26-21)18-8-3-2-4-9-18)28-14-13-17-7-5-6-10-20(17)16-28;28-24(29)18-10-11-20-21(14-18)26-23(22(25-20)17-7-2-1-3-8-17)27-13-12-16-6-4-5-9-19(16)15-27;1-2;/h2-12,15H,13-14,16H2,1H3;1-11,14H,12-13,15H2,(H,28,29);2H,1H3;1H4. The Kier molecular flexibility index (Phi) is 13.2. The van der Waals surface area contributed by atoms with Crippen LogP contribution in [0.3, 0.4) is 0 Å². The van der Waals surface area contributed by atoms with Crippen molar-refractivity contribution < 1.29 is 24.5 Å². The largest absolute Gasteiger partial charge is 0.478 e. The number of rotatable bonds is 6. The molecule has 2 aromatic heterocycles. The van der Waals surface area contributed by atoms with Crippen LogP contribution in [0.15, 0.2) is 146 Å². The number of anilines is 2. The minimum Gasteiger partial charge on any atom is -0.478 e. The molecule has 4 heterocycles. The van der Waals surface area contributed by atoms with Gasteiger partial charge in [-0.05, 0) is 71.5 Å². The van der Waals surface area contributed by atoms with Gasteiger partial charge in [0, 0.05) is 44.4 Å². The van der Waals surface area contributed by atoms with Crippen molar-refractivity contribution in [1.29, 1.82) is 0 Å². The number of aromatic carboxylic acids is 1. The van der Waals surface area contributed by atoms with Crippen molar-refractivity contribution in [3.63, 3.8) is 0 Å². The summed E-state index contributed by atoms with van der Waals surface area (Å²) in [6, 6.07) is 47.4. The fourth-order valence-corrected chi connectivity index (χ4v) is 7.84. The highest BCUT2D eigenvalue weighted by Gasteiger charge is 2.24. The molecule has 2 N–H and O–H groups in total. The molecule has 0 atom stereocenters. The van der Waals surface area contributed by atoms with Gasteiger partial charge in [-0.3, -0.25) is 0 Å². The molecule has 312 valence electrons. The van der Waals surface area contributed by atoms with Gasteiger partial charge in [0.1, 0.15) is 11.4 Å². The van der Waals surface area contributed by atoms with Crippen LogP contribution in [0.5, 0.6) is 0 Å². The highest BCUT2D eigenvalue weighted by atomic mass is 16.5. The first-order chi connectivity index (χ1) is 29.9. The summed E-state index contributed by atoms with van der Waals surface area (Å²) in [5.41, 5.74) is 12.5. The van der Waals surface area contributed by atoms with Crippen LogP contribution in [-0.2, 0) is 30.7 Å².